The van der Waals surface area contributed by atoms with E-state index in [2.05, 4.69) is 4.98 Å². The van der Waals surface area contributed by atoms with Gasteiger partial charge in [0.15, 0.2) is 0 Å². The van der Waals surface area contributed by atoms with Crippen molar-refractivity contribution in [3.05, 3.63) is 34.2 Å². The summed E-state index contributed by atoms with van der Waals surface area (Å²) in [6.07, 6.45) is 2.23. The molecule has 0 saturated carbocycles. The molecule has 1 aromatic rings. The van der Waals surface area contributed by atoms with Crippen molar-refractivity contribution in [2.75, 3.05) is 20.1 Å². The highest BCUT2D eigenvalue weighted by Gasteiger charge is 2.13. The Labute approximate surface area is 87.9 Å². The van der Waals surface area contributed by atoms with Gasteiger partial charge >= 0.3 is 0 Å². The van der Waals surface area contributed by atoms with Gasteiger partial charge in [0, 0.05) is 19.8 Å². The Balaban J connectivity index is 2.77. The maximum absolute atomic E-state index is 11.7. The summed E-state index contributed by atoms with van der Waals surface area (Å²) in [5.74, 6) is -0.273. The van der Waals surface area contributed by atoms with E-state index in [0.29, 0.717) is 13.1 Å². The van der Waals surface area contributed by atoms with Crippen molar-refractivity contribution in [1.82, 2.24) is 9.88 Å². The number of carbonyl (C=O) groups is 1. The van der Waals surface area contributed by atoms with E-state index in [9.17, 15) is 9.59 Å². The molecule has 1 amide bonds. The fourth-order valence-electron chi connectivity index (χ4n) is 1.23. The van der Waals surface area contributed by atoms with Gasteiger partial charge in [0.25, 0.3) is 11.5 Å². The molecular formula is C10H15N3O2. The Morgan fingerprint density at radius 1 is 1.60 bits per heavy atom. The molecule has 0 atom stereocenters. The predicted molar refractivity (Wildman–Crippen MR) is 57.7 cm³/mol. The van der Waals surface area contributed by atoms with Crippen LogP contribution in [0.3, 0.4) is 0 Å². The summed E-state index contributed by atoms with van der Waals surface area (Å²) >= 11 is 0. The smallest absolute Gasteiger partial charge is 0.260 e. The summed E-state index contributed by atoms with van der Waals surface area (Å²) in [4.78, 5) is 27.0. The number of hydrogen-bond acceptors (Lipinski definition) is 3. The van der Waals surface area contributed by atoms with Gasteiger partial charge < -0.3 is 15.6 Å². The van der Waals surface area contributed by atoms with E-state index in [1.54, 1.807) is 13.1 Å². The molecule has 0 aliphatic heterocycles. The number of aromatic amines is 1. The van der Waals surface area contributed by atoms with Gasteiger partial charge in [-0.3, -0.25) is 9.59 Å². The van der Waals surface area contributed by atoms with Gasteiger partial charge in [-0.15, -0.1) is 0 Å². The van der Waals surface area contributed by atoms with Crippen LogP contribution in [0.25, 0.3) is 0 Å². The third-order valence-electron chi connectivity index (χ3n) is 2.09. The highest BCUT2D eigenvalue weighted by Crippen LogP contribution is 1.97. The van der Waals surface area contributed by atoms with E-state index in [4.69, 9.17) is 5.73 Å². The van der Waals surface area contributed by atoms with Crippen molar-refractivity contribution in [3.63, 3.8) is 0 Å². The molecule has 1 aromatic heterocycles. The molecule has 3 N–H and O–H groups in total. The summed E-state index contributed by atoms with van der Waals surface area (Å²) < 4.78 is 0. The Bertz CT molecular complexity index is 386. The van der Waals surface area contributed by atoms with Crippen molar-refractivity contribution >= 4 is 5.91 Å². The second-order valence-electron chi connectivity index (χ2n) is 3.28. The van der Waals surface area contributed by atoms with E-state index >= 15 is 0 Å². The molecular weight excluding hydrogens is 194 g/mol. The van der Waals surface area contributed by atoms with Crippen LogP contribution in [-0.2, 0) is 0 Å². The van der Waals surface area contributed by atoms with E-state index in [-0.39, 0.29) is 17.0 Å². The minimum Gasteiger partial charge on any atom is -0.341 e. The topological polar surface area (TPSA) is 79.2 Å². The SMILES string of the molecule is CN(CCCN)C(=O)c1ccc[nH]c1=O. The van der Waals surface area contributed by atoms with E-state index in [1.807, 2.05) is 0 Å². The molecule has 82 valence electrons. The van der Waals surface area contributed by atoms with Crippen molar-refractivity contribution in [2.45, 2.75) is 6.42 Å². The van der Waals surface area contributed by atoms with Crippen molar-refractivity contribution in [3.8, 4) is 0 Å². The normalized spacial score (nSPS) is 10.0. The maximum Gasteiger partial charge on any atom is 0.260 e. The first-order valence-electron chi connectivity index (χ1n) is 4.80. The summed E-state index contributed by atoms with van der Waals surface area (Å²) in [7, 11) is 1.66. The zero-order valence-electron chi connectivity index (χ0n) is 8.69. The van der Waals surface area contributed by atoms with Crippen LogP contribution in [0.1, 0.15) is 16.8 Å². The van der Waals surface area contributed by atoms with Crippen LogP contribution < -0.4 is 11.3 Å². The molecule has 1 heterocycles. The molecule has 0 bridgehead atoms. The Hall–Kier alpha value is -1.62. The highest BCUT2D eigenvalue weighted by molar-refractivity contribution is 5.93. The molecule has 0 spiro atoms. The first-order valence-corrected chi connectivity index (χ1v) is 4.80. The summed E-state index contributed by atoms with van der Waals surface area (Å²) in [6.45, 7) is 1.09. The first-order chi connectivity index (χ1) is 7.16. The predicted octanol–water partition coefficient (Wildman–Crippen LogP) is -0.204. The van der Waals surface area contributed by atoms with Gasteiger partial charge in [0.2, 0.25) is 0 Å². The van der Waals surface area contributed by atoms with Crippen LogP contribution in [-0.4, -0.2) is 35.9 Å². The molecule has 0 radical (unpaired) electrons. The van der Waals surface area contributed by atoms with E-state index in [1.165, 1.54) is 17.2 Å². The minimum atomic E-state index is -0.359. The monoisotopic (exact) mass is 209 g/mol. The lowest BCUT2D eigenvalue weighted by atomic mass is 10.2. The average Bonchev–Trinajstić information content (AvgIpc) is 2.25. The van der Waals surface area contributed by atoms with Crippen molar-refractivity contribution < 1.29 is 4.79 Å². The van der Waals surface area contributed by atoms with Gasteiger partial charge in [-0.25, -0.2) is 0 Å². The summed E-state index contributed by atoms with van der Waals surface area (Å²) in [5, 5.41) is 0. The fourth-order valence-corrected chi connectivity index (χ4v) is 1.23. The number of nitrogens with zero attached hydrogens (tertiary/aromatic N) is 1. The Kier molecular flexibility index (Phi) is 4.05. The zero-order valence-corrected chi connectivity index (χ0v) is 8.69. The number of amides is 1. The summed E-state index contributed by atoms with van der Waals surface area (Å²) in [6, 6.07) is 3.14. The van der Waals surface area contributed by atoms with Gasteiger partial charge in [-0.1, -0.05) is 0 Å². The lowest BCUT2D eigenvalue weighted by Crippen LogP contribution is -2.32. The molecule has 0 fully saturated rings. The quantitative estimate of drug-likeness (QED) is 0.720. The summed E-state index contributed by atoms with van der Waals surface area (Å²) in [5.41, 5.74) is 5.14. The third kappa shape index (κ3) is 2.92. The van der Waals surface area contributed by atoms with Crippen molar-refractivity contribution in [1.29, 1.82) is 0 Å². The number of aromatic nitrogens is 1. The molecule has 15 heavy (non-hydrogen) atoms. The molecule has 1 rings (SSSR count). The Morgan fingerprint density at radius 2 is 2.33 bits per heavy atom. The van der Waals surface area contributed by atoms with Gasteiger partial charge in [0.05, 0.1) is 0 Å². The number of rotatable bonds is 4. The highest BCUT2D eigenvalue weighted by atomic mass is 16.2. The molecule has 0 aromatic carbocycles. The lowest BCUT2D eigenvalue weighted by Gasteiger charge is -2.15. The van der Waals surface area contributed by atoms with Crippen LogP contribution in [0.5, 0.6) is 0 Å². The second-order valence-corrected chi connectivity index (χ2v) is 3.28. The molecule has 0 saturated heterocycles. The molecule has 5 heteroatoms. The Morgan fingerprint density at radius 3 is 2.93 bits per heavy atom. The van der Waals surface area contributed by atoms with Crippen molar-refractivity contribution in [2.24, 2.45) is 5.73 Å². The lowest BCUT2D eigenvalue weighted by molar-refractivity contribution is 0.0792. The molecule has 0 aliphatic rings. The number of H-pyrrole nitrogens is 1. The number of nitrogens with two attached hydrogens (primary N) is 1. The van der Waals surface area contributed by atoms with Gasteiger partial charge in [0.1, 0.15) is 5.56 Å². The number of pyridine rings is 1. The van der Waals surface area contributed by atoms with Gasteiger partial charge in [-0.2, -0.15) is 0 Å². The maximum atomic E-state index is 11.7. The molecule has 5 nitrogen and oxygen atoms in total. The average molecular weight is 209 g/mol. The molecule has 0 aliphatic carbocycles. The zero-order chi connectivity index (χ0) is 11.3. The minimum absolute atomic E-state index is 0.164. The number of carbonyl (C=O) groups excluding carboxylic acids is 1. The van der Waals surface area contributed by atoms with Crippen LogP contribution in [0.2, 0.25) is 0 Å². The van der Waals surface area contributed by atoms with Gasteiger partial charge in [-0.05, 0) is 25.1 Å². The second kappa shape index (κ2) is 5.31. The standard InChI is InChI=1S/C10H15N3O2/c1-13(7-3-5-11)10(15)8-4-2-6-12-9(8)14/h2,4,6H,3,5,7,11H2,1H3,(H,12,14). The molecule has 0 unspecified atom stereocenters. The number of nitrogens with one attached hydrogen (secondary N) is 1. The fraction of sp³-hybridized carbons (Fsp3) is 0.400. The van der Waals surface area contributed by atoms with Crippen LogP contribution in [0.4, 0.5) is 0 Å². The van der Waals surface area contributed by atoms with Crippen LogP contribution >= 0.6 is 0 Å². The van der Waals surface area contributed by atoms with E-state index < -0.39 is 0 Å². The van der Waals surface area contributed by atoms with Crippen LogP contribution in [0.15, 0.2) is 23.1 Å². The largest absolute Gasteiger partial charge is 0.341 e. The third-order valence-corrected chi connectivity index (χ3v) is 2.09. The first kappa shape index (κ1) is 11.5. The number of hydrogen-bond donors (Lipinski definition) is 2. The van der Waals surface area contributed by atoms with Crippen LogP contribution in [0, 0.1) is 0 Å². The van der Waals surface area contributed by atoms with E-state index in [0.717, 1.165) is 6.42 Å².